The van der Waals surface area contributed by atoms with E-state index in [-0.39, 0.29) is 18.4 Å². The van der Waals surface area contributed by atoms with E-state index in [9.17, 15) is 4.79 Å². The molecule has 0 radical (unpaired) electrons. The van der Waals surface area contributed by atoms with Crippen molar-refractivity contribution < 1.29 is 18.7 Å². The zero-order valence-electron chi connectivity index (χ0n) is 14.6. The van der Waals surface area contributed by atoms with Gasteiger partial charge in [0.05, 0.1) is 6.04 Å². The fourth-order valence-electron chi connectivity index (χ4n) is 2.84. The summed E-state index contributed by atoms with van der Waals surface area (Å²) >= 11 is 0. The molecule has 2 heterocycles. The van der Waals surface area contributed by atoms with Crippen molar-refractivity contribution in [2.45, 2.75) is 19.0 Å². The molecule has 1 aliphatic heterocycles. The van der Waals surface area contributed by atoms with Gasteiger partial charge in [-0.25, -0.2) is 4.98 Å². The number of nitrogens with zero attached hydrogens (tertiary/aromatic N) is 1. The van der Waals surface area contributed by atoms with Crippen LogP contribution in [-0.4, -0.2) is 17.7 Å². The SMILES string of the molecule is NC(Cc1ccccc1)c1nc(C(=O)NCc2ccc3c(c2)OCO3)co1. The van der Waals surface area contributed by atoms with Gasteiger partial charge in [-0.05, 0) is 29.7 Å². The molecule has 1 unspecified atom stereocenters. The van der Waals surface area contributed by atoms with Crippen molar-refractivity contribution >= 4 is 5.91 Å². The molecular weight excluding hydrogens is 346 g/mol. The summed E-state index contributed by atoms with van der Waals surface area (Å²) in [7, 11) is 0. The number of ether oxygens (including phenoxy) is 2. The van der Waals surface area contributed by atoms with Crippen LogP contribution in [0.4, 0.5) is 0 Å². The number of hydrogen-bond acceptors (Lipinski definition) is 6. The highest BCUT2D eigenvalue weighted by atomic mass is 16.7. The first kappa shape index (κ1) is 17.1. The molecule has 0 spiro atoms. The molecule has 1 aliphatic rings. The second-order valence-electron chi connectivity index (χ2n) is 6.24. The Balaban J connectivity index is 1.35. The Labute approximate surface area is 156 Å². The van der Waals surface area contributed by atoms with E-state index in [1.54, 1.807) is 0 Å². The standard InChI is InChI=1S/C20H19N3O4/c21-15(8-13-4-2-1-3-5-13)20-23-16(11-25-20)19(24)22-10-14-6-7-17-18(9-14)27-12-26-17/h1-7,9,11,15H,8,10,12,21H2,(H,22,24). The molecule has 0 fully saturated rings. The monoisotopic (exact) mass is 365 g/mol. The van der Waals surface area contributed by atoms with Crippen LogP contribution in [0.5, 0.6) is 11.5 Å². The number of amides is 1. The summed E-state index contributed by atoms with van der Waals surface area (Å²) in [5.74, 6) is 1.40. The number of hydrogen-bond donors (Lipinski definition) is 2. The zero-order chi connectivity index (χ0) is 18.6. The summed E-state index contributed by atoms with van der Waals surface area (Å²) in [4.78, 5) is 16.5. The third-order valence-electron chi connectivity index (χ3n) is 4.26. The van der Waals surface area contributed by atoms with Crippen molar-refractivity contribution in [1.29, 1.82) is 0 Å². The summed E-state index contributed by atoms with van der Waals surface area (Å²) in [6, 6.07) is 14.9. The molecule has 4 rings (SSSR count). The summed E-state index contributed by atoms with van der Waals surface area (Å²) in [5.41, 5.74) is 8.33. The van der Waals surface area contributed by atoms with E-state index in [0.717, 1.165) is 11.1 Å². The predicted molar refractivity (Wildman–Crippen MR) is 97.3 cm³/mol. The van der Waals surface area contributed by atoms with Crippen molar-refractivity contribution in [3.05, 3.63) is 77.5 Å². The van der Waals surface area contributed by atoms with Crippen LogP contribution < -0.4 is 20.5 Å². The van der Waals surface area contributed by atoms with E-state index in [1.165, 1.54) is 6.26 Å². The highest BCUT2D eigenvalue weighted by Crippen LogP contribution is 2.32. The smallest absolute Gasteiger partial charge is 0.273 e. The Bertz CT molecular complexity index is 939. The van der Waals surface area contributed by atoms with Gasteiger partial charge in [0.25, 0.3) is 5.91 Å². The molecule has 0 saturated heterocycles. The van der Waals surface area contributed by atoms with Crippen molar-refractivity contribution in [2.24, 2.45) is 5.73 Å². The third-order valence-corrected chi connectivity index (χ3v) is 4.26. The van der Waals surface area contributed by atoms with Crippen LogP contribution in [0.3, 0.4) is 0 Å². The molecule has 138 valence electrons. The number of nitrogens with two attached hydrogens (primary N) is 1. The maximum Gasteiger partial charge on any atom is 0.273 e. The molecule has 7 heteroatoms. The fourth-order valence-corrected chi connectivity index (χ4v) is 2.84. The van der Waals surface area contributed by atoms with Crippen molar-refractivity contribution in [3.8, 4) is 11.5 Å². The van der Waals surface area contributed by atoms with Crippen LogP contribution >= 0.6 is 0 Å². The minimum atomic E-state index is -0.414. The van der Waals surface area contributed by atoms with Crippen LogP contribution in [-0.2, 0) is 13.0 Å². The zero-order valence-corrected chi connectivity index (χ0v) is 14.6. The van der Waals surface area contributed by atoms with Gasteiger partial charge in [0.1, 0.15) is 6.26 Å². The number of aromatic nitrogens is 1. The molecule has 27 heavy (non-hydrogen) atoms. The largest absolute Gasteiger partial charge is 0.454 e. The first-order chi connectivity index (χ1) is 13.2. The molecule has 0 aliphatic carbocycles. The van der Waals surface area contributed by atoms with Crippen molar-refractivity contribution in [1.82, 2.24) is 10.3 Å². The lowest BCUT2D eigenvalue weighted by molar-refractivity contribution is 0.0945. The number of carbonyl (C=O) groups excluding carboxylic acids is 1. The summed E-state index contributed by atoms with van der Waals surface area (Å²) < 4.78 is 16.0. The normalized spacial score (nSPS) is 13.4. The van der Waals surface area contributed by atoms with Gasteiger partial charge in [-0.2, -0.15) is 0 Å². The lowest BCUT2D eigenvalue weighted by atomic mass is 10.1. The molecule has 3 aromatic rings. The lowest BCUT2D eigenvalue weighted by Crippen LogP contribution is -2.23. The Morgan fingerprint density at radius 2 is 1.93 bits per heavy atom. The average Bonchev–Trinajstić information content (AvgIpc) is 3.36. The predicted octanol–water partition coefficient (Wildman–Crippen LogP) is 2.58. The Hall–Kier alpha value is -3.32. The van der Waals surface area contributed by atoms with Crippen molar-refractivity contribution in [2.75, 3.05) is 6.79 Å². The van der Waals surface area contributed by atoms with Gasteiger partial charge in [0.15, 0.2) is 17.2 Å². The number of oxazole rings is 1. The summed E-state index contributed by atoms with van der Waals surface area (Å²) in [5, 5.41) is 2.81. The van der Waals surface area contributed by atoms with E-state index in [4.69, 9.17) is 19.6 Å². The van der Waals surface area contributed by atoms with Crippen LogP contribution in [0.15, 0.2) is 59.2 Å². The Morgan fingerprint density at radius 3 is 2.78 bits per heavy atom. The highest BCUT2D eigenvalue weighted by molar-refractivity contribution is 5.91. The fraction of sp³-hybridized carbons (Fsp3) is 0.200. The number of fused-ring (bicyclic) bond motifs is 1. The van der Waals surface area contributed by atoms with Gasteiger partial charge in [0, 0.05) is 6.54 Å². The van der Waals surface area contributed by atoms with E-state index in [0.29, 0.717) is 30.4 Å². The quantitative estimate of drug-likeness (QED) is 0.696. The second kappa shape index (κ2) is 7.51. The second-order valence-corrected chi connectivity index (χ2v) is 6.24. The maximum atomic E-state index is 12.3. The molecular formula is C20H19N3O4. The van der Waals surface area contributed by atoms with Crippen molar-refractivity contribution in [3.63, 3.8) is 0 Å². The van der Waals surface area contributed by atoms with Gasteiger partial charge in [-0.15, -0.1) is 0 Å². The number of carbonyl (C=O) groups is 1. The van der Waals surface area contributed by atoms with Crippen LogP contribution in [0.1, 0.15) is 33.5 Å². The van der Waals surface area contributed by atoms with Crippen LogP contribution in [0, 0.1) is 0 Å². The average molecular weight is 365 g/mol. The van der Waals surface area contributed by atoms with Gasteiger partial charge >= 0.3 is 0 Å². The Morgan fingerprint density at radius 1 is 1.11 bits per heavy atom. The van der Waals surface area contributed by atoms with E-state index >= 15 is 0 Å². The van der Waals surface area contributed by atoms with E-state index < -0.39 is 6.04 Å². The Kier molecular flexibility index (Phi) is 4.76. The van der Waals surface area contributed by atoms with Gasteiger partial charge in [-0.1, -0.05) is 36.4 Å². The molecule has 3 N–H and O–H groups in total. The number of nitrogens with one attached hydrogen (secondary N) is 1. The number of rotatable bonds is 6. The molecule has 1 atom stereocenters. The first-order valence-corrected chi connectivity index (χ1v) is 8.61. The molecule has 1 aromatic heterocycles. The molecule has 0 saturated carbocycles. The summed E-state index contributed by atoms with van der Waals surface area (Å²) in [6.45, 7) is 0.559. The van der Waals surface area contributed by atoms with Crippen LogP contribution in [0.25, 0.3) is 0 Å². The minimum absolute atomic E-state index is 0.203. The third kappa shape index (κ3) is 3.93. The first-order valence-electron chi connectivity index (χ1n) is 8.61. The molecule has 1 amide bonds. The highest BCUT2D eigenvalue weighted by Gasteiger charge is 2.18. The molecule has 0 bridgehead atoms. The van der Waals surface area contributed by atoms with Crippen LogP contribution in [0.2, 0.25) is 0 Å². The topological polar surface area (TPSA) is 99.6 Å². The minimum Gasteiger partial charge on any atom is -0.454 e. The van der Waals surface area contributed by atoms with Gasteiger partial charge in [-0.3, -0.25) is 4.79 Å². The molecule has 2 aromatic carbocycles. The van der Waals surface area contributed by atoms with Gasteiger partial charge in [0.2, 0.25) is 12.7 Å². The van der Waals surface area contributed by atoms with Gasteiger partial charge < -0.3 is 24.9 Å². The summed E-state index contributed by atoms with van der Waals surface area (Å²) in [6.07, 6.45) is 1.91. The van der Waals surface area contributed by atoms with E-state index in [1.807, 2.05) is 48.5 Å². The lowest BCUT2D eigenvalue weighted by Gasteiger charge is -2.07. The maximum absolute atomic E-state index is 12.3. The molecule has 7 nitrogen and oxygen atoms in total. The van der Waals surface area contributed by atoms with E-state index in [2.05, 4.69) is 10.3 Å². The number of benzene rings is 2.